The van der Waals surface area contributed by atoms with Gasteiger partial charge in [0.15, 0.2) is 0 Å². The molecule has 0 radical (unpaired) electrons. The van der Waals surface area contributed by atoms with Crippen molar-refractivity contribution in [1.29, 1.82) is 0 Å². The zero-order valence-corrected chi connectivity index (χ0v) is 9.27. The van der Waals surface area contributed by atoms with Gasteiger partial charge in [-0.3, -0.25) is 0 Å². The summed E-state index contributed by atoms with van der Waals surface area (Å²) in [6, 6.07) is 3.41. The van der Waals surface area contributed by atoms with E-state index in [0.717, 1.165) is 6.54 Å². The lowest BCUT2D eigenvalue weighted by Gasteiger charge is -2.26. The average Bonchev–Trinajstić information content (AvgIpc) is 2.18. The zero-order chi connectivity index (χ0) is 11.4. The molecule has 4 heteroatoms. The molecular formula is C11H16N2O2. The maximum atomic E-state index is 10.8. The van der Waals surface area contributed by atoms with Gasteiger partial charge in [0.05, 0.1) is 5.56 Å². The van der Waals surface area contributed by atoms with Crippen LogP contribution in [0.2, 0.25) is 0 Å². The van der Waals surface area contributed by atoms with E-state index in [0.29, 0.717) is 11.9 Å². The van der Waals surface area contributed by atoms with Crippen LogP contribution >= 0.6 is 0 Å². The van der Waals surface area contributed by atoms with Crippen molar-refractivity contribution in [3.63, 3.8) is 0 Å². The highest BCUT2D eigenvalue weighted by molar-refractivity contribution is 5.88. The second kappa shape index (κ2) is 4.77. The molecule has 0 aliphatic carbocycles. The number of hydrogen-bond acceptors (Lipinski definition) is 3. The predicted octanol–water partition coefficient (Wildman–Crippen LogP) is 2.01. The summed E-state index contributed by atoms with van der Waals surface area (Å²) in [5, 5.41) is 8.86. The Kier molecular flexibility index (Phi) is 3.66. The normalized spacial score (nSPS) is 10.4. The Labute approximate surface area is 89.6 Å². The number of rotatable bonds is 4. The summed E-state index contributed by atoms with van der Waals surface area (Å²) >= 11 is 0. The van der Waals surface area contributed by atoms with Crippen LogP contribution in [0, 0.1) is 0 Å². The third kappa shape index (κ3) is 2.68. The minimum Gasteiger partial charge on any atom is -0.478 e. The number of carboxylic acid groups (broad SMARTS) is 1. The lowest BCUT2D eigenvalue weighted by molar-refractivity contribution is 0.0697. The molecule has 0 amide bonds. The number of aromatic nitrogens is 1. The summed E-state index contributed by atoms with van der Waals surface area (Å²) in [4.78, 5) is 17.0. The van der Waals surface area contributed by atoms with Gasteiger partial charge in [0.2, 0.25) is 0 Å². The smallest absolute Gasteiger partial charge is 0.335 e. The number of carboxylic acids is 1. The molecule has 0 atom stereocenters. The van der Waals surface area contributed by atoms with Gasteiger partial charge < -0.3 is 10.0 Å². The van der Waals surface area contributed by atoms with Gasteiger partial charge in [-0.2, -0.15) is 0 Å². The highest BCUT2D eigenvalue weighted by Crippen LogP contribution is 2.15. The third-order valence-electron chi connectivity index (χ3n) is 2.25. The lowest BCUT2D eigenvalue weighted by atomic mass is 10.2. The zero-order valence-electron chi connectivity index (χ0n) is 9.27. The number of pyridine rings is 1. The van der Waals surface area contributed by atoms with Crippen molar-refractivity contribution in [2.45, 2.75) is 26.8 Å². The summed E-state index contributed by atoms with van der Waals surface area (Å²) in [6.07, 6.45) is 1.53. The maximum Gasteiger partial charge on any atom is 0.335 e. The first-order valence-corrected chi connectivity index (χ1v) is 5.02. The van der Waals surface area contributed by atoms with E-state index in [-0.39, 0.29) is 5.56 Å². The van der Waals surface area contributed by atoms with Crippen molar-refractivity contribution in [1.82, 2.24) is 4.98 Å². The van der Waals surface area contributed by atoms with Crippen LogP contribution in [0.3, 0.4) is 0 Å². The topological polar surface area (TPSA) is 53.4 Å². The Hall–Kier alpha value is -1.58. The molecule has 1 heterocycles. The van der Waals surface area contributed by atoms with E-state index in [4.69, 9.17) is 5.11 Å². The Morgan fingerprint density at radius 3 is 2.73 bits per heavy atom. The highest BCUT2D eigenvalue weighted by atomic mass is 16.4. The third-order valence-corrected chi connectivity index (χ3v) is 2.25. The van der Waals surface area contributed by atoms with Crippen LogP contribution in [-0.2, 0) is 0 Å². The van der Waals surface area contributed by atoms with Gasteiger partial charge in [0.25, 0.3) is 0 Å². The minimum absolute atomic E-state index is 0.277. The SMILES string of the molecule is CCN(c1cc(C(=O)O)ccn1)C(C)C. The predicted molar refractivity (Wildman–Crippen MR) is 59.4 cm³/mol. The molecule has 0 spiro atoms. The van der Waals surface area contributed by atoms with Crippen LogP contribution < -0.4 is 4.90 Å². The molecule has 1 rings (SSSR count). The number of hydrogen-bond donors (Lipinski definition) is 1. The van der Waals surface area contributed by atoms with Crippen LogP contribution in [0.1, 0.15) is 31.1 Å². The van der Waals surface area contributed by atoms with Gasteiger partial charge >= 0.3 is 5.97 Å². The van der Waals surface area contributed by atoms with Crippen molar-refractivity contribution < 1.29 is 9.90 Å². The fourth-order valence-electron chi connectivity index (χ4n) is 1.50. The molecule has 0 fully saturated rings. The molecule has 0 aromatic carbocycles. The first kappa shape index (κ1) is 11.5. The molecule has 0 aliphatic rings. The second-order valence-electron chi connectivity index (χ2n) is 3.59. The van der Waals surface area contributed by atoms with Gasteiger partial charge in [-0.1, -0.05) is 0 Å². The fraction of sp³-hybridized carbons (Fsp3) is 0.455. The summed E-state index contributed by atoms with van der Waals surface area (Å²) in [5.41, 5.74) is 0.277. The van der Waals surface area contributed by atoms with Crippen LogP contribution in [-0.4, -0.2) is 28.6 Å². The summed E-state index contributed by atoms with van der Waals surface area (Å²) in [5.74, 6) is -0.203. The highest BCUT2D eigenvalue weighted by Gasteiger charge is 2.11. The van der Waals surface area contributed by atoms with E-state index in [9.17, 15) is 4.79 Å². The van der Waals surface area contributed by atoms with Gasteiger partial charge in [-0.25, -0.2) is 9.78 Å². The number of anilines is 1. The molecule has 0 bridgehead atoms. The van der Waals surface area contributed by atoms with E-state index in [1.807, 2.05) is 11.8 Å². The summed E-state index contributed by atoms with van der Waals surface area (Å²) in [7, 11) is 0. The summed E-state index contributed by atoms with van der Waals surface area (Å²) in [6.45, 7) is 6.94. The van der Waals surface area contributed by atoms with Crippen molar-refractivity contribution in [2.75, 3.05) is 11.4 Å². The number of carbonyl (C=O) groups is 1. The Morgan fingerprint density at radius 2 is 2.27 bits per heavy atom. The molecule has 82 valence electrons. The molecule has 4 nitrogen and oxygen atoms in total. The van der Waals surface area contributed by atoms with Crippen molar-refractivity contribution in [3.05, 3.63) is 23.9 Å². The molecule has 1 aromatic heterocycles. The van der Waals surface area contributed by atoms with E-state index >= 15 is 0 Å². The first-order valence-electron chi connectivity index (χ1n) is 5.02. The van der Waals surface area contributed by atoms with Gasteiger partial charge in [-0.15, -0.1) is 0 Å². The Morgan fingerprint density at radius 1 is 1.60 bits per heavy atom. The van der Waals surface area contributed by atoms with Crippen molar-refractivity contribution in [2.24, 2.45) is 0 Å². The van der Waals surface area contributed by atoms with Gasteiger partial charge in [0, 0.05) is 18.8 Å². The van der Waals surface area contributed by atoms with Crippen LogP contribution in [0.4, 0.5) is 5.82 Å². The van der Waals surface area contributed by atoms with E-state index in [1.165, 1.54) is 12.3 Å². The van der Waals surface area contributed by atoms with Crippen LogP contribution in [0.25, 0.3) is 0 Å². The van der Waals surface area contributed by atoms with Gasteiger partial charge in [0.1, 0.15) is 5.82 Å². The van der Waals surface area contributed by atoms with Crippen LogP contribution in [0.5, 0.6) is 0 Å². The molecule has 1 N–H and O–H groups in total. The largest absolute Gasteiger partial charge is 0.478 e. The lowest BCUT2D eigenvalue weighted by Crippen LogP contribution is -2.31. The molecular weight excluding hydrogens is 192 g/mol. The maximum absolute atomic E-state index is 10.8. The van der Waals surface area contributed by atoms with E-state index < -0.39 is 5.97 Å². The Bertz CT molecular complexity index is 350. The van der Waals surface area contributed by atoms with Crippen molar-refractivity contribution >= 4 is 11.8 Å². The molecule has 15 heavy (non-hydrogen) atoms. The average molecular weight is 208 g/mol. The molecule has 0 unspecified atom stereocenters. The summed E-state index contributed by atoms with van der Waals surface area (Å²) < 4.78 is 0. The first-order chi connectivity index (χ1) is 7.06. The standard InChI is InChI=1S/C11H16N2O2/c1-4-13(8(2)3)10-7-9(11(14)15)5-6-12-10/h5-8H,4H2,1-3H3,(H,14,15). The minimum atomic E-state index is -0.918. The fourth-order valence-corrected chi connectivity index (χ4v) is 1.50. The van der Waals surface area contributed by atoms with Crippen LogP contribution in [0.15, 0.2) is 18.3 Å². The molecule has 1 aromatic rings. The molecule has 0 saturated carbocycles. The van der Waals surface area contributed by atoms with Crippen molar-refractivity contribution in [3.8, 4) is 0 Å². The van der Waals surface area contributed by atoms with E-state index in [1.54, 1.807) is 6.07 Å². The number of aromatic carboxylic acids is 1. The second-order valence-corrected chi connectivity index (χ2v) is 3.59. The van der Waals surface area contributed by atoms with Gasteiger partial charge in [-0.05, 0) is 32.9 Å². The van der Waals surface area contributed by atoms with E-state index in [2.05, 4.69) is 18.8 Å². The number of nitrogens with zero attached hydrogens (tertiary/aromatic N) is 2. The molecule has 0 saturated heterocycles. The Balaban J connectivity index is 3.03. The quantitative estimate of drug-likeness (QED) is 0.822. The molecule has 0 aliphatic heterocycles. The monoisotopic (exact) mass is 208 g/mol.